The second-order valence-electron chi connectivity index (χ2n) is 4.21. The van der Waals surface area contributed by atoms with Gasteiger partial charge in [0.05, 0.1) is 0 Å². The average Bonchev–Trinajstić information content (AvgIpc) is 2.42. The highest BCUT2D eigenvalue weighted by Gasteiger charge is 2.28. The van der Waals surface area contributed by atoms with E-state index in [1.54, 1.807) is 4.90 Å². The summed E-state index contributed by atoms with van der Waals surface area (Å²) < 4.78 is 22.5. The summed E-state index contributed by atoms with van der Waals surface area (Å²) in [6.45, 7) is 2.89. The Bertz CT molecular complexity index is 316. The molecule has 4 nitrogen and oxygen atoms in total. The summed E-state index contributed by atoms with van der Waals surface area (Å²) in [5.74, 6) is -0.237. The van der Waals surface area contributed by atoms with Gasteiger partial charge >= 0.3 is 0 Å². The Hall–Kier alpha value is -0.580. The number of amides is 1. The lowest BCUT2D eigenvalue weighted by Crippen LogP contribution is -2.41. The molecule has 15 heavy (non-hydrogen) atoms. The van der Waals surface area contributed by atoms with Crippen LogP contribution < -0.4 is 0 Å². The van der Waals surface area contributed by atoms with Gasteiger partial charge in [0.25, 0.3) is 0 Å². The van der Waals surface area contributed by atoms with E-state index in [9.17, 15) is 13.2 Å². The molecule has 1 amide bonds. The van der Waals surface area contributed by atoms with Gasteiger partial charge in [-0.25, -0.2) is 8.42 Å². The van der Waals surface area contributed by atoms with Crippen molar-refractivity contribution in [2.75, 3.05) is 19.3 Å². The number of carbonyl (C=O) groups is 1. The number of carbonyl (C=O) groups excluding carboxylic acids is 1. The minimum absolute atomic E-state index is 0.237. The van der Waals surface area contributed by atoms with Crippen molar-refractivity contribution in [3.05, 3.63) is 0 Å². The first-order valence-corrected chi connectivity index (χ1v) is 7.36. The van der Waals surface area contributed by atoms with Crippen LogP contribution in [-0.2, 0) is 14.6 Å². The Morgan fingerprint density at radius 1 is 1.13 bits per heavy atom. The van der Waals surface area contributed by atoms with Crippen LogP contribution in [0, 0.1) is 0 Å². The SMILES string of the molecule is CC(C(=O)N1CCCCCC1)S(C)(=O)=O. The lowest BCUT2D eigenvalue weighted by Gasteiger charge is -2.23. The fraction of sp³-hybridized carbons (Fsp3) is 0.900. The molecule has 0 bridgehead atoms. The number of likely N-dealkylation sites (tertiary alicyclic amines) is 1. The van der Waals surface area contributed by atoms with Gasteiger partial charge in [-0.15, -0.1) is 0 Å². The summed E-state index contributed by atoms with van der Waals surface area (Å²) >= 11 is 0. The Balaban J connectivity index is 2.66. The van der Waals surface area contributed by atoms with Gasteiger partial charge in [-0.3, -0.25) is 4.79 Å². The highest BCUT2D eigenvalue weighted by molar-refractivity contribution is 7.92. The third kappa shape index (κ3) is 3.48. The van der Waals surface area contributed by atoms with Gasteiger partial charge in [-0.1, -0.05) is 12.8 Å². The lowest BCUT2D eigenvalue weighted by atomic mass is 10.2. The minimum Gasteiger partial charge on any atom is -0.342 e. The summed E-state index contributed by atoms with van der Waals surface area (Å²) in [7, 11) is -3.25. The maximum absolute atomic E-state index is 11.8. The van der Waals surface area contributed by atoms with Gasteiger partial charge in [0.2, 0.25) is 5.91 Å². The van der Waals surface area contributed by atoms with Gasteiger partial charge < -0.3 is 4.90 Å². The molecule has 0 aromatic rings. The van der Waals surface area contributed by atoms with Crippen molar-refractivity contribution in [3.63, 3.8) is 0 Å². The summed E-state index contributed by atoms with van der Waals surface area (Å²) in [6.07, 6.45) is 5.37. The van der Waals surface area contributed by atoms with Crippen molar-refractivity contribution >= 4 is 15.7 Å². The molecule has 0 radical (unpaired) electrons. The van der Waals surface area contributed by atoms with Crippen LogP contribution in [-0.4, -0.2) is 43.8 Å². The first-order chi connectivity index (χ1) is 6.93. The van der Waals surface area contributed by atoms with Crippen LogP contribution in [0.3, 0.4) is 0 Å². The smallest absolute Gasteiger partial charge is 0.240 e. The Labute approximate surface area is 91.6 Å². The van der Waals surface area contributed by atoms with E-state index in [1.165, 1.54) is 6.92 Å². The molecule has 1 heterocycles. The molecule has 1 aliphatic heterocycles. The molecule has 1 rings (SSSR count). The largest absolute Gasteiger partial charge is 0.342 e. The standard InChI is InChI=1S/C10H19NO3S/c1-9(15(2,13)14)10(12)11-7-5-3-4-6-8-11/h9H,3-8H2,1-2H3. The van der Waals surface area contributed by atoms with Crippen molar-refractivity contribution in [1.82, 2.24) is 4.90 Å². The van der Waals surface area contributed by atoms with Gasteiger partial charge in [0, 0.05) is 19.3 Å². The predicted molar refractivity (Wildman–Crippen MR) is 59.4 cm³/mol. The highest BCUT2D eigenvalue weighted by atomic mass is 32.2. The molecule has 1 fully saturated rings. The molecule has 0 aromatic heterocycles. The molecular formula is C10H19NO3S. The quantitative estimate of drug-likeness (QED) is 0.709. The highest BCUT2D eigenvalue weighted by Crippen LogP contribution is 2.12. The van der Waals surface area contributed by atoms with Crippen molar-refractivity contribution in [3.8, 4) is 0 Å². The molecule has 0 spiro atoms. The molecule has 0 saturated carbocycles. The van der Waals surface area contributed by atoms with Crippen LogP contribution in [0.1, 0.15) is 32.6 Å². The van der Waals surface area contributed by atoms with E-state index in [4.69, 9.17) is 0 Å². The molecule has 0 aromatic carbocycles. The monoisotopic (exact) mass is 233 g/mol. The number of sulfone groups is 1. The first-order valence-electron chi connectivity index (χ1n) is 5.40. The zero-order valence-corrected chi connectivity index (χ0v) is 10.2. The average molecular weight is 233 g/mol. The van der Waals surface area contributed by atoms with Crippen molar-refractivity contribution < 1.29 is 13.2 Å². The molecule has 5 heteroatoms. The zero-order valence-electron chi connectivity index (χ0n) is 9.40. The fourth-order valence-corrected chi connectivity index (χ4v) is 2.25. The van der Waals surface area contributed by atoms with Crippen LogP contribution >= 0.6 is 0 Å². The molecular weight excluding hydrogens is 214 g/mol. The summed E-state index contributed by atoms with van der Waals surface area (Å²) in [5.41, 5.74) is 0. The van der Waals surface area contributed by atoms with Crippen LogP contribution in [0.25, 0.3) is 0 Å². The van der Waals surface area contributed by atoms with E-state index in [1.807, 2.05) is 0 Å². The van der Waals surface area contributed by atoms with E-state index >= 15 is 0 Å². The molecule has 1 unspecified atom stereocenters. The topological polar surface area (TPSA) is 54.5 Å². The maximum atomic E-state index is 11.8. The first kappa shape index (κ1) is 12.5. The summed E-state index contributed by atoms with van der Waals surface area (Å²) in [4.78, 5) is 13.5. The van der Waals surface area contributed by atoms with Crippen molar-refractivity contribution in [2.45, 2.75) is 37.9 Å². The van der Waals surface area contributed by atoms with E-state index in [-0.39, 0.29) is 5.91 Å². The summed E-state index contributed by atoms with van der Waals surface area (Å²) in [6, 6.07) is 0. The number of hydrogen-bond acceptors (Lipinski definition) is 3. The van der Waals surface area contributed by atoms with Crippen molar-refractivity contribution in [1.29, 1.82) is 0 Å². The van der Waals surface area contributed by atoms with E-state index in [0.717, 1.165) is 31.9 Å². The normalized spacial score (nSPS) is 20.8. The third-order valence-electron chi connectivity index (χ3n) is 2.91. The number of nitrogens with zero attached hydrogens (tertiary/aromatic N) is 1. The predicted octanol–water partition coefficient (Wildman–Crippen LogP) is 0.822. The van der Waals surface area contributed by atoms with E-state index in [2.05, 4.69) is 0 Å². The minimum atomic E-state index is -3.25. The maximum Gasteiger partial charge on any atom is 0.240 e. The molecule has 88 valence electrons. The van der Waals surface area contributed by atoms with Crippen LogP contribution in [0.15, 0.2) is 0 Å². The number of rotatable bonds is 2. The van der Waals surface area contributed by atoms with Crippen molar-refractivity contribution in [2.24, 2.45) is 0 Å². The summed E-state index contributed by atoms with van der Waals surface area (Å²) in [5, 5.41) is -0.893. The Morgan fingerprint density at radius 2 is 1.60 bits per heavy atom. The van der Waals surface area contributed by atoms with Gasteiger partial charge in [0.15, 0.2) is 9.84 Å². The van der Waals surface area contributed by atoms with E-state index < -0.39 is 15.1 Å². The zero-order chi connectivity index (χ0) is 11.5. The van der Waals surface area contributed by atoms with Crippen LogP contribution in [0.4, 0.5) is 0 Å². The van der Waals surface area contributed by atoms with E-state index in [0.29, 0.717) is 13.1 Å². The lowest BCUT2D eigenvalue weighted by molar-refractivity contribution is -0.130. The van der Waals surface area contributed by atoms with Gasteiger partial charge in [-0.05, 0) is 19.8 Å². The molecule has 0 N–H and O–H groups in total. The second-order valence-corrected chi connectivity index (χ2v) is 6.58. The molecule has 1 aliphatic rings. The van der Waals surface area contributed by atoms with Crippen LogP contribution in [0.5, 0.6) is 0 Å². The van der Waals surface area contributed by atoms with Gasteiger partial charge in [0.1, 0.15) is 5.25 Å². The molecule has 0 aliphatic carbocycles. The second kappa shape index (κ2) is 4.96. The third-order valence-corrected chi connectivity index (χ3v) is 4.39. The molecule has 1 saturated heterocycles. The number of hydrogen-bond donors (Lipinski definition) is 0. The van der Waals surface area contributed by atoms with Gasteiger partial charge in [-0.2, -0.15) is 0 Å². The Morgan fingerprint density at radius 3 is 2.00 bits per heavy atom. The fourth-order valence-electron chi connectivity index (χ4n) is 1.73. The van der Waals surface area contributed by atoms with Crippen LogP contribution in [0.2, 0.25) is 0 Å². The molecule has 1 atom stereocenters. The Kier molecular flexibility index (Phi) is 4.13.